The highest BCUT2D eigenvalue weighted by Gasteiger charge is 2.53. The molecule has 0 spiro atoms. The van der Waals surface area contributed by atoms with E-state index in [-0.39, 0.29) is 0 Å². The zero-order valence-electron chi connectivity index (χ0n) is 23.2. The van der Waals surface area contributed by atoms with E-state index in [0.29, 0.717) is 4.48 Å². The summed E-state index contributed by atoms with van der Waals surface area (Å²) in [4.78, 5) is 12.1. The van der Waals surface area contributed by atoms with Crippen molar-refractivity contribution in [1.29, 1.82) is 0 Å². The normalized spacial score (nSPS) is 14.7. The van der Waals surface area contributed by atoms with E-state index >= 15 is 0 Å². The minimum atomic E-state index is -2.42. The second-order valence-electron chi connectivity index (χ2n) is 11.1. The summed E-state index contributed by atoms with van der Waals surface area (Å²) in [5.74, 6) is 0. The van der Waals surface area contributed by atoms with Gasteiger partial charge >= 0.3 is 8.03 Å². The van der Waals surface area contributed by atoms with Crippen molar-refractivity contribution >= 4 is 8.03 Å². The number of hydrogen-bond acceptors (Lipinski definition) is 2. The van der Waals surface area contributed by atoms with Crippen LogP contribution in [0.3, 0.4) is 0 Å². The predicted octanol–water partition coefficient (Wildman–Crippen LogP) is 9.28. The Morgan fingerprint density at radius 1 is 0.606 bits per heavy atom. The Kier molecular flexibility index (Phi) is 20.9. The third-order valence-electron chi connectivity index (χ3n) is 7.33. The van der Waals surface area contributed by atoms with Crippen LogP contribution in [-0.2, 0) is 4.57 Å². The van der Waals surface area contributed by atoms with Crippen LogP contribution in [0.5, 0.6) is 0 Å². The fourth-order valence-corrected chi connectivity index (χ4v) is 6.21. The van der Waals surface area contributed by atoms with E-state index in [9.17, 15) is 9.46 Å². The first-order valence-corrected chi connectivity index (χ1v) is 15.6. The lowest BCUT2D eigenvalue weighted by Crippen LogP contribution is -2.55. The molecule has 0 bridgehead atoms. The molecule has 0 saturated heterocycles. The van der Waals surface area contributed by atoms with Crippen molar-refractivity contribution < 1.29 is 13.9 Å². The van der Waals surface area contributed by atoms with Crippen LogP contribution in [0.4, 0.5) is 0 Å². The van der Waals surface area contributed by atoms with E-state index in [1.807, 2.05) is 21.1 Å². The highest BCUT2D eigenvalue weighted by atomic mass is 31.1. The molecule has 0 aliphatic carbocycles. The smallest absolute Gasteiger partial charge is 0.376 e. The molecule has 0 amide bonds. The number of hydrogen-bond donors (Lipinski definition) is 0. The summed E-state index contributed by atoms with van der Waals surface area (Å²) in [5.41, 5.74) is 0. The minimum absolute atomic E-state index is 0.524. The minimum Gasteiger partial charge on any atom is -0.590 e. The van der Waals surface area contributed by atoms with Gasteiger partial charge in [0.2, 0.25) is 0 Å². The summed E-state index contributed by atoms with van der Waals surface area (Å²) in [6.07, 6.45) is 31.1. The Morgan fingerprint density at radius 2 is 1.00 bits per heavy atom. The predicted molar refractivity (Wildman–Crippen MR) is 146 cm³/mol. The molecular weight excluding hydrogens is 425 g/mol. The van der Waals surface area contributed by atoms with Crippen LogP contribution in [0.2, 0.25) is 0 Å². The number of unbranched alkanes of at least 4 members (excludes halogenated alkanes) is 16. The lowest BCUT2D eigenvalue weighted by molar-refractivity contribution is -0.910. The van der Waals surface area contributed by atoms with Gasteiger partial charge in [0, 0.05) is 12.8 Å². The largest absolute Gasteiger partial charge is 0.590 e. The molecule has 0 aliphatic heterocycles. The van der Waals surface area contributed by atoms with Crippen LogP contribution in [-0.4, -0.2) is 30.9 Å². The van der Waals surface area contributed by atoms with E-state index in [0.717, 1.165) is 25.7 Å². The van der Waals surface area contributed by atoms with Crippen LogP contribution in [0, 0.1) is 0 Å². The van der Waals surface area contributed by atoms with E-state index in [1.54, 1.807) is 0 Å². The van der Waals surface area contributed by atoms with Gasteiger partial charge in [-0.3, -0.25) is 4.48 Å². The van der Waals surface area contributed by atoms with Crippen molar-refractivity contribution in [3.05, 3.63) is 12.2 Å². The molecule has 0 aromatic heterocycles. The summed E-state index contributed by atoms with van der Waals surface area (Å²) < 4.78 is 12.6. The van der Waals surface area contributed by atoms with Crippen LogP contribution in [0.1, 0.15) is 149 Å². The van der Waals surface area contributed by atoms with Crippen molar-refractivity contribution in [2.24, 2.45) is 0 Å². The molecule has 0 saturated carbocycles. The molecule has 33 heavy (non-hydrogen) atoms. The first-order chi connectivity index (χ1) is 15.8. The third-order valence-corrected chi connectivity index (χ3v) is 9.05. The molecule has 3 nitrogen and oxygen atoms in total. The first-order valence-electron chi connectivity index (χ1n) is 14.4. The Bertz CT molecular complexity index is 487. The molecular formula is C29H59NO2P+. The summed E-state index contributed by atoms with van der Waals surface area (Å²) >= 11 is 0. The van der Waals surface area contributed by atoms with E-state index < -0.39 is 13.3 Å². The highest BCUT2D eigenvalue weighted by Crippen LogP contribution is 2.45. The van der Waals surface area contributed by atoms with E-state index in [2.05, 4.69) is 26.0 Å². The average Bonchev–Trinajstić information content (AvgIpc) is 2.76. The maximum absolute atomic E-state index is 12.1. The van der Waals surface area contributed by atoms with E-state index in [1.165, 1.54) is 109 Å². The van der Waals surface area contributed by atoms with Gasteiger partial charge in [-0.1, -0.05) is 120 Å². The third kappa shape index (κ3) is 16.1. The molecule has 0 heterocycles. The molecule has 196 valence electrons. The maximum atomic E-state index is 12.1. The van der Waals surface area contributed by atoms with Gasteiger partial charge in [-0.25, -0.2) is 0 Å². The second kappa shape index (κ2) is 21.1. The zero-order valence-corrected chi connectivity index (χ0v) is 24.1. The summed E-state index contributed by atoms with van der Waals surface area (Å²) in [7, 11) is 3.69. The number of allylic oxidation sites excluding steroid dienone is 2. The van der Waals surface area contributed by atoms with Crippen molar-refractivity contribution in [1.82, 2.24) is 0 Å². The van der Waals surface area contributed by atoms with E-state index in [4.69, 9.17) is 0 Å². The van der Waals surface area contributed by atoms with Gasteiger partial charge in [-0.2, -0.15) is 0 Å². The molecule has 0 aliphatic rings. The lowest BCUT2D eigenvalue weighted by Gasteiger charge is -2.39. The van der Waals surface area contributed by atoms with Gasteiger partial charge < -0.3 is 4.89 Å². The Labute approximate surface area is 209 Å². The maximum Gasteiger partial charge on any atom is 0.376 e. The van der Waals surface area contributed by atoms with Gasteiger partial charge in [0.05, 0.1) is 21.1 Å². The van der Waals surface area contributed by atoms with Gasteiger partial charge in [-0.05, 0) is 32.1 Å². The van der Waals surface area contributed by atoms with Crippen LogP contribution < -0.4 is 4.89 Å². The summed E-state index contributed by atoms with van der Waals surface area (Å²) in [5, 5.41) is -0.588. The highest BCUT2D eigenvalue weighted by molar-refractivity contribution is 7.38. The number of nitrogens with zero attached hydrogens (tertiary/aromatic N) is 1. The fraction of sp³-hybridized carbons (Fsp3) is 0.931. The topological polar surface area (TPSA) is 40.1 Å². The van der Waals surface area contributed by atoms with Gasteiger partial charge in [-0.15, -0.1) is 0 Å². The van der Waals surface area contributed by atoms with Crippen LogP contribution >= 0.6 is 8.03 Å². The van der Waals surface area contributed by atoms with Crippen molar-refractivity contribution in [3.63, 3.8) is 0 Å². The van der Waals surface area contributed by atoms with Gasteiger partial charge in [0.15, 0.2) is 0 Å². The first kappa shape index (κ1) is 32.8. The molecule has 0 rings (SSSR count). The van der Waals surface area contributed by atoms with Crippen LogP contribution in [0.15, 0.2) is 12.2 Å². The second-order valence-corrected chi connectivity index (χ2v) is 12.5. The summed E-state index contributed by atoms with van der Waals surface area (Å²) in [6.45, 7) is 4.35. The average molecular weight is 485 g/mol. The monoisotopic (exact) mass is 484 g/mol. The standard InChI is InChI=1S/C29H59NO2P/c1-6-8-9-10-11-12-13-14-15-16-17-18-19-20-21-22-23-24-25-26-28-29(27-7-2,33(31)32)30(3,4)5/h10-11H,6-9,12-28H2,1-5H3/q+1. The molecule has 2 unspecified atom stereocenters. The summed E-state index contributed by atoms with van der Waals surface area (Å²) in [6, 6.07) is 0. The molecule has 0 aromatic rings. The number of rotatable bonds is 24. The lowest BCUT2D eigenvalue weighted by atomic mass is 9.99. The van der Waals surface area contributed by atoms with Gasteiger partial charge in [0.25, 0.3) is 5.28 Å². The number of quaternary nitrogens is 1. The Morgan fingerprint density at radius 3 is 1.36 bits per heavy atom. The Balaban J connectivity index is 3.56. The Hall–Kier alpha value is -0.240. The molecule has 0 aromatic carbocycles. The molecule has 0 fully saturated rings. The fourth-order valence-electron chi connectivity index (χ4n) is 4.97. The molecule has 2 atom stereocenters. The quantitative estimate of drug-likeness (QED) is 0.0592. The molecule has 4 heteroatoms. The van der Waals surface area contributed by atoms with Crippen molar-refractivity contribution in [2.45, 2.75) is 154 Å². The SMILES string of the molecule is CCCCC=CCCCCCCCCCCCCCCCCC(CCC)([P+](=O)[O-])[N+](C)(C)C. The van der Waals surface area contributed by atoms with Crippen molar-refractivity contribution in [3.8, 4) is 0 Å². The molecule has 0 radical (unpaired) electrons. The molecule has 0 N–H and O–H groups in total. The van der Waals surface area contributed by atoms with Gasteiger partial charge in [0.1, 0.15) is 0 Å². The van der Waals surface area contributed by atoms with Crippen LogP contribution in [0.25, 0.3) is 0 Å². The van der Waals surface area contributed by atoms with Crippen molar-refractivity contribution in [2.75, 3.05) is 21.1 Å². The zero-order chi connectivity index (χ0) is 24.8.